The normalized spacial score (nSPS) is 14.6. The van der Waals surface area contributed by atoms with E-state index in [1.807, 2.05) is 6.92 Å². The zero-order chi connectivity index (χ0) is 15.2. The van der Waals surface area contributed by atoms with Crippen molar-refractivity contribution in [1.29, 1.82) is 0 Å². The molecular formula is C17H21FN2O. The number of hydrogen-bond acceptors (Lipinski definition) is 2. The first-order valence-corrected chi connectivity index (χ1v) is 7.46. The number of carbonyl (C=O) groups excluding carboxylic acids is 1. The van der Waals surface area contributed by atoms with Gasteiger partial charge in [0.25, 0.3) is 5.91 Å². The topological polar surface area (TPSA) is 46.3 Å². The van der Waals surface area contributed by atoms with Crippen molar-refractivity contribution in [1.82, 2.24) is 4.90 Å². The largest absolute Gasteiger partial charge is 0.336 e. The molecule has 112 valence electrons. The molecule has 1 aromatic carbocycles. The maximum atomic E-state index is 14.0. The predicted molar refractivity (Wildman–Crippen MR) is 81.3 cm³/mol. The summed E-state index contributed by atoms with van der Waals surface area (Å²) in [5.41, 5.74) is 6.06. The summed E-state index contributed by atoms with van der Waals surface area (Å²) in [4.78, 5) is 14.4. The Balaban J connectivity index is 2.27. The molecule has 0 aliphatic heterocycles. The number of amides is 1. The number of carbonyl (C=O) groups is 1. The van der Waals surface area contributed by atoms with Crippen LogP contribution in [0.1, 0.15) is 48.5 Å². The second kappa shape index (κ2) is 7.24. The Kier molecular flexibility index (Phi) is 5.35. The number of hydrogen-bond donors (Lipinski definition) is 1. The van der Waals surface area contributed by atoms with E-state index in [0.29, 0.717) is 12.1 Å². The van der Waals surface area contributed by atoms with Crippen molar-refractivity contribution in [2.24, 2.45) is 5.73 Å². The third kappa shape index (κ3) is 3.62. The molecule has 1 fully saturated rings. The number of nitrogens with zero attached hydrogens (tertiary/aromatic N) is 1. The first-order chi connectivity index (χ1) is 10.2. The van der Waals surface area contributed by atoms with Gasteiger partial charge in [-0.25, -0.2) is 4.39 Å². The van der Waals surface area contributed by atoms with Crippen LogP contribution in [-0.4, -0.2) is 29.9 Å². The number of nitrogens with two attached hydrogens (primary N) is 1. The van der Waals surface area contributed by atoms with Crippen LogP contribution in [0.5, 0.6) is 0 Å². The Morgan fingerprint density at radius 1 is 1.43 bits per heavy atom. The third-order valence-electron chi connectivity index (χ3n) is 3.90. The fourth-order valence-corrected chi connectivity index (χ4v) is 2.86. The van der Waals surface area contributed by atoms with Crippen LogP contribution in [0.2, 0.25) is 0 Å². The van der Waals surface area contributed by atoms with Gasteiger partial charge in [0.05, 0.1) is 12.1 Å². The lowest BCUT2D eigenvalue weighted by Crippen LogP contribution is -2.39. The van der Waals surface area contributed by atoms with Crippen molar-refractivity contribution < 1.29 is 9.18 Å². The average molecular weight is 288 g/mol. The monoisotopic (exact) mass is 288 g/mol. The van der Waals surface area contributed by atoms with Crippen molar-refractivity contribution in [3.63, 3.8) is 0 Å². The van der Waals surface area contributed by atoms with Gasteiger partial charge in [-0.3, -0.25) is 4.79 Å². The molecule has 1 aliphatic carbocycles. The molecule has 0 heterocycles. The minimum Gasteiger partial charge on any atom is -0.336 e. The van der Waals surface area contributed by atoms with Gasteiger partial charge < -0.3 is 10.6 Å². The van der Waals surface area contributed by atoms with Crippen LogP contribution in [-0.2, 0) is 0 Å². The Hall–Kier alpha value is -1.86. The fourth-order valence-electron chi connectivity index (χ4n) is 2.86. The Bertz CT molecular complexity index is 568. The van der Waals surface area contributed by atoms with Crippen molar-refractivity contribution in [3.05, 3.63) is 35.1 Å². The summed E-state index contributed by atoms with van der Waals surface area (Å²) >= 11 is 0. The molecule has 1 aliphatic rings. The van der Waals surface area contributed by atoms with Crippen LogP contribution in [0.4, 0.5) is 4.39 Å². The molecule has 0 radical (unpaired) electrons. The highest BCUT2D eigenvalue weighted by Crippen LogP contribution is 2.25. The maximum absolute atomic E-state index is 14.0. The van der Waals surface area contributed by atoms with Crippen molar-refractivity contribution in [2.45, 2.75) is 38.6 Å². The second-order valence-corrected chi connectivity index (χ2v) is 5.23. The zero-order valence-electron chi connectivity index (χ0n) is 12.4. The molecule has 3 nitrogen and oxygen atoms in total. The molecule has 1 saturated carbocycles. The molecule has 2 rings (SSSR count). The van der Waals surface area contributed by atoms with Gasteiger partial charge in [0.15, 0.2) is 0 Å². The predicted octanol–water partition coefficient (Wildman–Crippen LogP) is 2.54. The molecule has 1 aromatic rings. The summed E-state index contributed by atoms with van der Waals surface area (Å²) in [5, 5.41) is 0. The van der Waals surface area contributed by atoms with Crippen molar-refractivity contribution >= 4 is 5.91 Å². The van der Waals surface area contributed by atoms with Crippen LogP contribution in [0.3, 0.4) is 0 Å². The molecule has 0 unspecified atom stereocenters. The Morgan fingerprint density at radius 3 is 2.76 bits per heavy atom. The van der Waals surface area contributed by atoms with Gasteiger partial charge in [0.2, 0.25) is 0 Å². The van der Waals surface area contributed by atoms with E-state index in [4.69, 9.17) is 5.73 Å². The SMILES string of the molecule is CCN(C(=O)c1cc(C#CCN)ccc1F)C1CCCC1. The van der Waals surface area contributed by atoms with E-state index in [9.17, 15) is 9.18 Å². The summed E-state index contributed by atoms with van der Waals surface area (Å²) in [7, 11) is 0. The number of benzene rings is 1. The van der Waals surface area contributed by atoms with Gasteiger partial charge in [0, 0.05) is 18.2 Å². The summed E-state index contributed by atoms with van der Waals surface area (Å²) in [6.07, 6.45) is 4.29. The fraction of sp³-hybridized carbons (Fsp3) is 0.471. The first kappa shape index (κ1) is 15.5. The molecule has 0 saturated heterocycles. The van der Waals surface area contributed by atoms with Gasteiger partial charge in [0.1, 0.15) is 5.82 Å². The summed E-state index contributed by atoms with van der Waals surface area (Å²) in [6, 6.07) is 4.63. The molecule has 1 amide bonds. The van der Waals surface area contributed by atoms with Gasteiger partial charge in [-0.15, -0.1) is 0 Å². The minimum absolute atomic E-state index is 0.104. The molecule has 21 heavy (non-hydrogen) atoms. The van der Waals surface area contributed by atoms with Crippen molar-refractivity contribution in [2.75, 3.05) is 13.1 Å². The molecule has 0 aromatic heterocycles. The lowest BCUT2D eigenvalue weighted by molar-refractivity contribution is 0.0688. The van der Waals surface area contributed by atoms with Crippen LogP contribution in [0.25, 0.3) is 0 Å². The standard InChI is InChI=1S/C17H21FN2O/c1-2-20(14-7-3-4-8-14)17(21)15-12-13(6-5-11-19)9-10-16(15)18/h9-10,12,14H,2-4,7-8,11,19H2,1H3. The summed E-state index contributed by atoms with van der Waals surface area (Å²) in [5.74, 6) is 4.83. The first-order valence-electron chi connectivity index (χ1n) is 7.46. The lowest BCUT2D eigenvalue weighted by Gasteiger charge is -2.28. The van der Waals surface area contributed by atoms with E-state index in [0.717, 1.165) is 25.7 Å². The van der Waals surface area contributed by atoms with Gasteiger partial charge in [-0.05, 0) is 38.0 Å². The van der Waals surface area contributed by atoms with Gasteiger partial charge in [-0.2, -0.15) is 0 Å². The second-order valence-electron chi connectivity index (χ2n) is 5.23. The minimum atomic E-state index is -0.491. The summed E-state index contributed by atoms with van der Waals surface area (Å²) in [6.45, 7) is 2.78. The van der Waals surface area contributed by atoms with E-state index in [2.05, 4.69) is 11.8 Å². The van der Waals surface area contributed by atoms with E-state index in [1.165, 1.54) is 12.1 Å². The van der Waals surface area contributed by atoms with Crippen LogP contribution < -0.4 is 5.73 Å². The molecular weight excluding hydrogens is 267 g/mol. The summed E-state index contributed by atoms with van der Waals surface area (Å²) < 4.78 is 14.0. The third-order valence-corrected chi connectivity index (χ3v) is 3.90. The molecule has 0 atom stereocenters. The number of rotatable bonds is 3. The van der Waals surface area contributed by atoms with Crippen LogP contribution >= 0.6 is 0 Å². The van der Waals surface area contributed by atoms with Crippen LogP contribution in [0.15, 0.2) is 18.2 Å². The van der Waals surface area contributed by atoms with E-state index in [1.54, 1.807) is 11.0 Å². The molecule has 0 spiro atoms. The highest BCUT2D eigenvalue weighted by Gasteiger charge is 2.27. The zero-order valence-corrected chi connectivity index (χ0v) is 12.4. The van der Waals surface area contributed by atoms with E-state index in [-0.39, 0.29) is 24.1 Å². The smallest absolute Gasteiger partial charge is 0.257 e. The van der Waals surface area contributed by atoms with E-state index >= 15 is 0 Å². The highest BCUT2D eigenvalue weighted by molar-refractivity contribution is 5.95. The Morgan fingerprint density at radius 2 is 2.14 bits per heavy atom. The molecule has 4 heteroatoms. The van der Waals surface area contributed by atoms with Crippen LogP contribution in [0, 0.1) is 17.7 Å². The van der Waals surface area contributed by atoms with E-state index < -0.39 is 5.82 Å². The molecule has 2 N–H and O–H groups in total. The lowest BCUT2D eigenvalue weighted by atomic mass is 10.1. The molecule has 0 bridgehead atoms. The average Bonchev–Trinajstić information content (AvgIpc) is 3.01. The quantitative estimate of drug-likeness (QED) is 0.869. The maximum Gasteiger partial charge on any atom is 0.257 e. The van der Waals surface area contributed by atoms with Crippen molar-refractivity contribution in [3.8, 4) is 11.8 Å². The van der Waals surface area contributed by atoms with Gasteiger partial charge >= 0.3 is 0 Å². The Labute approximate surface area is 125 Å². The highest BCUT2D eigenvalue weighted by atomic mass is 19.1. The van der Waals surface area contributed by atoms with Gasteiger partial charge in [-0.1, -0.05) is 24.7 Å². The number of halogens is 1.